The average Bonchev–Trinajstić information content (AvgIpc) is 2.26. The fourth-order valence-corrected chi connectivity index (χ4v) is 2.59. The first kappa shape index (κ1) is 15.7. The molecule has 0 spiro atoms. The summed E-state index contributed by atoms with van der Waals surface area (Å²) < 4.78 is 30.2. The topological polar surface area (TPSA) is 55.4 Å². The Morgan fingerprint density at radius 1 is 1.33 bits per heavy atom. The third-order valence-corrected chi connectivity index (χ3v) is 3.76. The molecule has 0 amide bonds. The molecule has 1 N–H and O–H groups in total. The number of hydrogen-bond acceptors (Lipinski definition) is 3. The second-order valence-electron chi connectivity index (χ2n) is 3.90. The zero-order valence-electron chi connectivity index (χ0n) is 10.1. The fourth-order valence-electron chi connectivity index (χ4n) is 1.52. The van der Waals surface area contributed by atoms with Crippen LogP contribution in [0.15, 0.2) is 18.2 Å². The van der Waals surface area contributed by atoms with Crippen LogP contribution in [0.2, 0.25) is 10.0 Å². The highest BCUT2D eigenvalue weighted by atomic mass is 35.5. The Balaban J connectivity index is 2.97. The predicted molar refractivity (Wildman–Crippen MR) is 73.7 cm³/mol. The molecule has 0 fully saturated rings. The highest BCUT2D eigenvalue weighted by Crippen LogP contribution is 2.27. The normalized spacial score (nSPS) is 13.6. The molecule has 1 atom stereocenters. The van der Waals surface area contributed by atoms with Crippen molar-refractivity contribution in [1.29, 1.82) is 0 Å². The van der Waals surface area contributed by atoms with Gasteiger partial charge in [-0.25, -0.2) is 13.1 Å². The molecule has 0 bridgehead atoms. The van der Waals surface area contributed by atoms with E-state index in [2.05, 4.69) is 4.72 Å². The number of nitrogens with one attached hydrogen (secondary N) is 1. The van der Waals surface area contributed by atoms with Gasteiger partial charge in [0.1, 0.15) is 0 Å². The molecular weight excluding hydrogens is 297 g/mol. The number of methoxy groups -OCH3 is 1. The van der Waals surface area contributed by atoms with Gasteiger partial charge in [-0.3, -0.25) is 0 Å². The molecule has 1 rings (SSSR count). The summed E-state index contributed by atoms with van der Waals surface area (Å²) >= 11 is 11.8. The maximum absolute atomic E-state index is 11.3. The van der Waals surface area contributed by atoms with Crippen molar-refractivity contribution < 1.29 is 13.2 Å². The monoisotopic (exact) mass is 311 g/mol. The van der Waals surface area contributed by atoms with E-state index in [-0.39, 0.29) is 6.04 Å². The second-order valence-corrected chi connectivity index (χ2v) is 6.49. The van der Waals surface area contributed by atoms with Crippen LogP contribution < -0.4 is 4.72 Å². The van der Waals surface area contributed by atoms with Crippen molar-refractivity contribution in [3.05, 3.63) is 33.8 Å². The summed E-state index contributed by atoms with van der Waals surface area (Å²) in [4.78, 5) is 0. The summed E-state index contributed by atoms with van der Waals surface area (Å²) in [5.74, 6) is 0. The van der Waals surface area contributed by atoms with Gasteiger partial charge in [-0.1, -0.05) is 29.3 Å². The summed E-state index contributed by atoms with van der Waals surface area (Å²) in [6.07, 6.45) is 1.63. The van der Waals surface area contributed by atoms with Crippen molar-refractivity contribution in [2.24, 2.45) is 0 Å². The second kappa shape index (κ2) is 6.73. The SMILES string of the molecule is COCCC(NS(C)(=O)=O)c1ccc(Cl)c(Cl)c1. The van der Waals surface area contributed by atoms with Gasteiger partial charge in [0.05, 0.1) is 16.3 Å². The molecule has 0 aromatic heterocycles. The van der Waals surface area contributed by atoms with Gasteiger partial charge < -0.3 is 4.74 Å². The third kappa shape index (κ3) is 5.12. The number of hydrogen-bond donors (Lipinski definition) is 1. The van der Waals surface area contributed by atoms with Gasteiger partial charge in [-0.2, -0.15) is 0 Å². The minimum Gasteiger partial charge on any atom is -0.385 e. The highest BCUT2D eigenvalue weighted by Gasteiger charge is 2.16. The van der Waals surface area contributed by atoms with Crippen molar-refractivity contribution in [1.82, 2.24) is 4.72 Å². The van der Waals surface area contributed by atoms with Gasteiger partial charge in [-0.05, 0) is 24.1 Å². The van der Waals surface area contributed by atoms with Crippen LogP contribution in [-0.2, 0) is 14.8 Å². The Morgan fingerprint density at radius 2 is 2.00 bits per heavy atom. The lowest BCUT2D eigenvalue weighted by Gasteiger charge is -2.18. The summed E-state index contributed by atoms with van der Waals surface area (Å²) in [5.41, 5.74) is 0.756. The van der Waals surface area contributed by atoms with E-state index in [1.165, 1.54) is 0 Å². The first-order valence-corrected chi connectivity index (χ1v) is 7.89. The van der Waals surface area contributed by atoms with Crippen molar-refractivity contribution in [2.75, 3.05) is 20.0 Å². The lowest BCUT2D eigenvalue weighted by atomic mass is 10.1. The van der Waals surface area contributed by atoms with Crippen molar-refractivity contribution in [2.45, 2.75) is 12.5 Å². The van der Waals surface area contributed by atoms with Crippen LogP contribution >= 0.6 is 23.2 Å². The van der Waals surface area contributed by atoms with E-state index in [0.29, 0.717) is 23.1 Å². The first-order valence-electron chi connectivity index (χ1n) is 5.24. The largest absolute Gasteiger partial charge is 0.385 e. The molecule has 0 saturated heterocycles. The molecule has 1 unspecified atom stereocenters. The number of benzene rings is 1. The molecule has 18 heavy (non-hydrogen) atoms. The smallest absolute Gasteiger partial charge is 0.209 e. The average molecular weight is 312 g/mol. The molecular formula is C11H15Cl2NO3S. The van der Waals surface area contributed by atoms with Gasteiger partial charge in [0.25, 0.3) is 0 Å². The molecule has 4 nitrogen and oxygen atoms in total. The van der Waals surface area contributed by atoms with Crippen molar-refractivity contribution in [3.63, 3.8) is 0 Å². The maximum Gasteiger partial charge on any atom is 0.209 e. The van der Waals surface area contributed by atoms with Gasteiger partial charge in [-0.15, -0.1) is 0 Å². The van der Waals surface area contributed by atoms with Crippen molar-refractivity contribution in [3.8, 4) is 0 Å². The molecule has 0 saturated carbocycles. The Hall–Kier alpha value is -0.330. The minimum absolute atomic E-state index is 0.380. The number of halogens is 2. The van der Waals surface area contributed by atoms with Crippen LogP contribution in [0.25, 0.3) is 0 Å². The zero-order valence-corrected chi connectivity index (χ0v) is 12.4. The third-order valence-electron chi connectivity index (χ3n) is 2.31. The Kier molecular flexibility index (Phi) is 5.88. The van der Waals surface area contributed by atoms with E-state index in [0.717, 1.165) is 11.8 Å². The van der Waals surface area contributed by atoms with Crippen LogP contribution in [0.3, 0.4) is 0 Å². The molecule has 0 radical (unpaired) electrons. The number of sulfonamides is 1. The molecule has 7 heteroatoms. The fraction of sp³-hybridized carbons (Fsp3) is 0.455. The molecule has 0 aliphatic carbocycles. The van der Waals surface area contributed by atoms with E-state index < -0.39 is 10.0 Å². The van der Waals surface area contributed by atoms with Crippen molar-refractivity contribution >= 4 is 33.2 Å². The zero-order chi connectivity index (χ0) is 13.8. The summed E-state index contributed by atoms with van der Waals surface area (Å²) in [5, 5.41) is 0.831. The Morgan fingerprint density at radius 3 is 2.50 bits per heavy atom. The van der Waals surface area contributed by atoms with Crippen LogP contribution in [0.4, 0.5) is 0 Å². The van der Waals surface area contributed by atoms with E-state index in [9.17, 15) is 8.42 Å². The lowest BCUT2D eigenvalue weighted by molar-refractivity contribution is 0.186. The summed E-state index contributed by atoms with van der Waals surface area (Å²) in [6.45, 7) is 0.438. The number of ether oxygens (including phenoxy) is 1. The Labute approximate surface area is 117 Å². The maximum atomic E-state index is 11.3. The molecule has 1 aromatic rings. The van der Waals surface area contributed by atoms with Gasteiger partial charge >= 0.3 is 0 Å². The van der Waals surface area contributed by atoms with Gasteiger partial charge in [0.15, 0.2) is 0 Å². The van der Waals surface area contributed by atoms with Crippen LogP contribution in [0.1, 0.15) is 18.0 Å². The van der Waals surface area contributed by atoms with E-state index >= 15 is 0 Å². The van der Waals surface area contributed by atoms with E-state index in [1.807, 2.05) is 0 Å². The van der Waals surface area contributed by atoms with Crippen LogP contribution in [0, 0.1) is 0 Å². The standard InChI is InChI=1S/C11H15Cl2NO3S/c1-17-6-5-11(14-18(2,15)16)8-3-4-9(12)10(13)7-8/h3-4,7,11,14H,5-6H2,1-2H3. The predicted octanol–water partition coefficient (Wildman–Crippen LogP) is 2.62. The van der Waals surface area contributed by atoms with E-state index in [4.69, 9.17) is 27.9 Å². The molecule has 1 aromatic carbocycles. The molecule has 102 valence electrons. The summed E-state index contributed by atoms with van der Waals surface area (Å²) in [6, 6.07) is 4.66. The lowest BCUT2D eigenvalue weighted by Crippen LogP contribution is -2.28. The Bertz CT molecular complexity index is 505. The van der Waals surface area contributed by atoms with E-state index in [1.54, 1.807) is 25.3 Å². The van der Waals surface area contributed by atoms with Crippen LogP contribution in [0.5, 0.6) is 0 Å². The molecule has 0 aliphatic heterocycles. The molecule has 0 aliphatic rings. The quantitative estimate of drug-likeness (QED) is 0.878. The highest BCUT2D eigenvalue weighted by molar-refractivity contribution is 7.88. The van der Waals surface area contributed by atoms with Crippen LogP contribution in [-0.4, -0.2) is 28.4 Å². The summed E-state index contributed by atoms with van der Waals surface area (Å²) in [7, 11) is -1.74. The number of rotatable bonds is 6. The molecule has 0 heterocycles. The minimum atomic E-state index is -3.31. The van der Waals surface area contributed by atoms with Gasteiger partial charge in [0.2, 0.25) is 10.0 Å². The van der Waals surface area contributed by atoms with Gasteiger partial charge in [0, 0.05) is 19.8 Å². The first-order chi connectivity index (χ1) is 8.33.